The fourth-order valence-corrected chi connectivity index (χ4v) is 1.24. The lowest BCUT2D eigenvalue weighted by molar-refractivity contribution is 0.275. The molecule has 1 aromatic rings. The summed E-state index contributed by atoms with van der Waals surface area (Å²) in [6.07, 6.45) is 0.389. The molecule has 3 N–H and O–H groups in total. The number of aryl methyl sites for hydroxylation is 1. The molecular weight excluding hydrogens is 205 g/mol. The molecule has 0 saturated heterocycles. The van der Waals surface area contributed by atoms with E-state index in [9.17, 15) is 4.39 Å². The summed E-state index contributed by atoms with van der Waals surface area (Å²) < 4.78 is 13.2. The van der Waals surface area contributed by atoms with E-state index >= 15 is 0 Å². The summed E-state index contributed by atoms with van der Waals surface area (Å²) in [5, 5.41) is 8.66. The van der Waals surface area contributed by atoms with E-state index in [1.165, 1.54) is 6.07 Å². The van der Waals surface area contributed by atoms with Crippen LogP contribution in [-0.2, 0) is 0 Å². The molecule has 0 aliphatic carbocycles. The van der Waals surface area contributed by atoms with E-state index in [1.54, 1.807) is 12.1 Å². The lowest BCUT2D eigenvalue weighted by Gasteiger charge is -2.11. The van der Waals surface area contributed by atoms with Crippen molar-refractivity contribution in [3.63, 3.8) is 0 Å². The Hall–Kier alpha value is -0.640. The Kier molecular flexibility index (Phi) is 5.69. The fraction of sp³-hybridized carbons (Fsp3) is 0.400. The predicted octanol–water partition coefficient (Wildman–Crippen LogP) is 1.94. The Morgan fingerprint density at radius 3 is 2.71 bits per heavy atom. The molecule has 1 rings (SSSR count). The van der Waals surface area contributed by atoms with Crippen LogP contribution in [0, 0.1) is 12.7 Å². The molecule has 1 atom stereocenters. The lowest BCUT2D eigenvalue weighted by Crippen LogP contribution is -2.13. The topological polar surface area (TPSA) is 46.2 Å². The maximum atomic E-state index is 13.2. The predicted molar refractivity (Wildman–Crippen MR) is 57.0 cm³/mol. The standard InChI is InChI=1S/C10H14FNO.ClH/c1-7-2-3-9(11)8(6-7)10(12)4-5-13;/h2-3,6,10,13H,4-5,12H2,1H3;1H/t10-;/m1./s1. The average Bonchev–Trinajstić information content (AvgIpc) is 2.09. The number of nitrogens with two attached hydrogens (primary N) is 1. The maximum absolute atomic E-state index is 13.2. The highest BCUT2D eigenvalue weighted by Crippen LogP contribution is 2.18. The minimum absolute atomic E-state index is 0. The van der Waals surface area contributed by atoms with Gasteiger partial charge >= 0.3 is 0 Å². The number of halogens is 2. The van der Waals surface area contributed by atoms with Gasteiger partial charge in [-0.05, 0) is 19.4 Å². The molecule has 0 aromatic heterocycles. The minimum Gasteiger partial charge on any atom is -0.396 e. The third kappa shape index (κ3) is 3.25. The number of aliphatic hydroxyl groups is 1. The zero-order valence-electron chi connectivity index (χ0n) is 8.03. The van der Waals surface area contributed by atoms with Crippen LogP contribution in [-0.4, -0.2) is 11.7 Å². The molecule has 0 spiro atoms. The van der Waals surface area contributed by atoms with Crippen LogP contribution >= 0.6 is 12.4 Å². The smallest absolute Gasteiger partial charge is 0.127 e. The van der Waals surface area contributed by atoms with Gasteiger partial charge in [-0.25, -0.2) is 4.39 Å². The number of rotatable bonds is 3. The largest absolute Gasteiger partial charge is 0.396 e. The van der Waals surface area contributed by atoms with E-state index in [-0.39, 0.29) is 24.8 Å². The second-order valence-electron chi connectivity index (χ2n) is 3.14. The highest BCUT2D eigenvalue weighted by molar-refractivity contribution is 5.85. The van der Waals surface area contributed by atoms with Crippen LogP contribution in [0.2, 0.25) is 0 Å². The van der Waals surface area contributed by atoms with Gasteiger partial charge in [0.05, 0.1) is 0 Å². The molecule has 2 nitrogen and oxygen atoms in total. The first-order chi connectivity index (χ1) is 6.15. The van der Waals surface area contributed by atoms with E-state index in [1.807, 2.05) is 6.92 Å². The molecule has 1 aromatic carbocycles. The summed E-state index contributed by atoms with van der Waals surface area (Å²) in [6.45, 7) is 1.86. The van der Waals surface area contributed by atoms with Crippen LogP contribution < -0.4 is 5.73 Å². The van der Waals surface area contributed by atoms with Gasteiger partial charge in [0.15, 0.2) is 0 Å². The van der Waals surface area contributed by atoms with Crippen molar-refractivity contribution >= 4 is 12.4 Å². The van der Waals surface area contributed by atoms with Gasteiger partial charge in [0, 0.05) is 18.2 Å². The number of hydrogen-bond acceptors (Lipinski definition) is 2. The summed E-state index contributed by atoms with van der Waals surface area (Å²) in [5.74, 6) is -0.299. The van der Waals surface area contributed by atoms with Crippen molar-refractivity contribution in [2.45, 2.75) is 19.4 Å². The van der Waals surface area contributed by atoms with Gasteiger partial charge in [0.1, 0.15) is 5.82 Å². The van der Waals surface area contributed by atoms with E-state index < -0.39 is 6.04 Å². The van der Waals surface area contributed by atoms with Crippen molar-refractivity contribution in [2.24, 2.45) is 5.73 Å². The zero-order chi connectivity index (χ0) is 9.84. The molecule has 0 bridgehead atoms. The van der Waals surface area contributed by atoms with Gasteiger partial charge < -0.3 is 10.8 Å². The van der Waals surface area contributed by atoms with Crippen LogP contribution in [0.15, 0.2) is 18.2 Å². The van der Waals surface area contributed by atoms with E-state index in [0.29, 0.717) is 12.0 Å². The van der Waals surface area contributed by atoms with Gasteiger partial charge in [-0.3, -0.25) is 0 Å². The molecule has 0 fully saturated rings. The Morgan fingerprint density at radius 1 is 1.50 bits per heavy atom. The van der Waals surface area contributed by atoms with Crippen LogP contribution in [0.4, 0.5) is 4.39 Å². The lowest BCUT2D eigenvalue weighted by atomic mass is 10.0. The third-order valence-electron chi connectivity index (χ3n) is 1.99. The molecule has 0 unspecified atom stereocenters. The third-order valence-corrected chi connectivity index (χ3v) is 1.99. The summed E-state index contributed by atoms with van der Waals surface area (Å²) in [7, 11) is 0. The number of aliphatic hydroxyl groups excluding tert-OH is 1. The summed E-state index contributed by atoms with van der Waals surface area (Å²) >= 11 is 0. The molecule has 4 heteroatoms. The first kappa shape index (κ1) is 13.4. The van der Waals surface area contributed by atoms with Crippen molar-refractivity contribution in [3.05, 3.63) is 35.1 Å². The zero-order valence-corrected chi connectivity index (χ0v) is 8.85. The normalized spacial score (nSPS) is 12.0. The van der Waals surface area contributed by atoms with Gasteiger partial charge in [-0.2, -0.15) is 0 Å². The van der Waals surface area contributed by atoms with Crippen molar-refractivity contribution < 1.29 is 9.50 Å². The summed E-state index contributed by atoms with van der Waals surface area (Å²) in [4.78, 5) is 0. The first-order valence-electron chi connectivity index (χ1n) is 4.27. The molecular formula is C10H15ClFNO. The van der Waals surface area contributed by atoms with Crippen LogP contribution in [0.3, 0.4) is 0 Å². The average molecular weight is 220 g/mol. The quantitative estimate of drug-likeness (QED) is 0.816. The van der Waals surface area contributed by atoms with E-state index in [4.69, 9.17) is 10.8 Å². The highest BCUT2D eigenvalue weighted by atomic mass is 35.5. The molecule has 0 heterocycles. The second-order valence-corrected chi connectivity index (χ2v) is 3.14. The molecule has 0 saturated carbocycles. The highest BCUT2D eigenvalue weighted by Gasteiger charge is 2.10. The Morgan fingerprint density at radius 2 is 2.14 bits per heavy atom. The van der Waals surface area contributed by atoms with Crippen LogP contribution in [0.5, 0.6) is 0 Å². The number of hydrogen-bond donors (Lipinski definition) is 2. The Balaban J connectivity index is 0.00000169. The molecule has 0 aliphatic rings. The summed E-state index contributed by atoms with van der Waals surface area (Å²) in [5.41, 5.74) is 7.13. The fourth-order valence-electron chi connectivity index (χ4n) is 1.24. The van der Waals surface area contributed by atoms with Crippen molar-refractivity contribution in [3.8, 4) is 0 Å². The summed E-state index contributed by atoms with van der Waals surface area (Å²) in [6, 6.07) is 4.41. The molecule has 80 valence electrons. The molecule has 0 radical (unpaired) electrons. The van der Waals surface area contributed by atoms with Crippen molar-refractivity contribution in [1.29, 1.82) is 0 Å². The second kappa shape index (κ2) is 5.96. The van der Waals surface area contributed by atoms with Crippen molar-refractivity contribution in [1.82, 2.24) is 0 Å². The number of benzene rings is 1. The van der Waals surface area contributed by atoms with E-state index in [0.717, 1.165) is 5.56 Å². The molecule has 0 amide bonds. The monoisotopic (exact) mass is 219 g/mol. The van der Waals surface area contributed by atoms with Crippen LogP contribution in [0.1, 0.15) is 23.6 Å². The van der Waals surface area contributed by atoms with Gasteiger partial charge in [0.25, 0.3) is 0 Å². The molecule has 0 aliphatic heterocycles. The van der Waals surface area contributed by atoms with Gasteiger partial charge in [-0.15, -0.1) is 12.4 Å². The molecule has 14 heavy (non-hydrogen) atoms. The minimum atomic E-state index is -0.412. The van der Waals surface area contributed by atoms with Gasteiger partial charge in [-0.1, -0.05) is 17.7 Å². The van der Waals surface area contributed by atoms with Crippen LogP contribution in [0.25, 0.3) is 0 Å². The van der Waals surface area contributed by atoms with Crippen molar-refractivity contribution in [2.75, 3.05) is 6.61 Å². The Bertz CT molecular complexity index is 293. The first-order valence-corrected chi connectivity index (χ1v) is 4.27. The SMILES string of the molecule is Cc1ccc(F)c([C@H](N)CCO)c1.Cl. The van der Waals surface area contributed by atoms with E-state index in [2.05, 4.69) is 0 Å². The maximum Gasteiger partial charge on any atom is 0.127 e. The Labute approximate surface area is 89.3 Å². The van der Waals surface area contributed by atoms with Gasteiger partial charge in [0.2, 0.25) is 0 Å².